The third-order valence-electron chi connectivity index (χ3n) is 3.03. The van der Waals surface area contributed by atoms with Gasteiger partial charge in [-0.05, 0) is 31.9 Å². The summed E-state index contributed by atoms with van der Waals surface area (Å²) in [5.41, 5.74) is -1.25. The molecule has 0 N–H and O–H groups in total. The topological polar surface area (TPSA) is 52.6 Å². The predicted octanol–water partition coefficient (Wildman–Crippen LogP) is 3.28. The number of ether oxygens (including phenoxy) is 2. The first kappa shape index (κ1) is 17.2. The summed E-state index contributed by atoms with van der Waals surface area (Å²) in [5, 5.41) is 0.306. The maximum Gasteiger partial charge on any atom is 0.328 e. The van der Waals surface area contributed by atoms with E-state index in [9.17, 15) is 9.59 Å². The second-order valence-electron chi connectivity index (χ2n) is 4.32. The predicted molar refractivity (Wildman–Crippen MR) is 81.2 cm³/mol. The molecule has 0 saturated heterocycles. The van der Waals surface area contributed by atoms with Crippen LogP contribution in [0.5, 0.6) is 0 Å². The maximum absolute atomic E-state index is 12.5. The van der Waals surface area contributed by atoms with Gasteiger partial charge in [0.1, 0.15) is 0 Å². The van der Waals surface area contributed by atoms with Gasteiger partial charge in [0, 0.05) is 5.02 Å². The van der Waals surface area contributed by atoms with Gasteiger partial charge in [-0.25, -0.2) is 0 Å². The molecule has 21 heavy (non-hydrogen) atoms. The Labute approximate surface area is 129 Å². The smallest absolute Gasteiger partial charge is 0.328 e. The molecule has 0 amide bonds. The highest BCUT2D eigenvalue weighted by Gasteiger charge is 2.50. The molecule has 0 aromatic heterocycles. The van der Waals surface area contributed by atoms with E-state index in [2.05, 4.69) is 6.58 Å². The Hall–Kier alpha value is -1.81. The Morgan fingerprint density at radius 3 is 2.14 bits per heavy atom. The summed E-state index contributed by atoms with van der Waals surface area (Å²) in [7, 11) is 0. The summed E-state index contributed by atoms with van der Waals surface area (Å²) < 4.78 is 10.2. The minimum atomic E-state index is -1.62. The number of hydrogen-bond acceptors (Lipinski definition) is 4. The monoisotopic (exact) mass is 310 g/mol. The lowest BCUT2D eigenvalue weighted by Crippen LogP contribution is -2.46. The Kier molecular flexibility index (Phi) is 6.43. The van der Waals surface area contributed by atoms with E-state index >= 15 is 0 Å². The van der Waals surface area contributed by atoms with Crippen LogP contribution in [0, 0.1) is 0 Å². The van der Waals surface area contributed by atoms with Crippen LogP contribution < -0.4 is 0 Å². The number of carbonyl (C=O) groups is 2. The standard InChI is InChI=1S/C16H19ClO4/c1-4-11-16(14(18)20-5-2,15(19)21-6-3)12-9-7-8-10-13(12)17/h4,7-10H,1,5-6,11H2,2-3H3. The largest absolute Gasteiger partial charge is 0.465 e. The molecule has 4 nitrogen and oxygen atoms in total. The third kappa shape index (κ3) is 3.45. The van der Waals surface area contributed by atoms with Gasteiger partial charge in [0.25, 0.3) is 0 Å². The molecule has 0 spiro atoms. The summed E-state index contributed by atoms with van der Waals surface area (Å²) in [5.74, 6) is -1.37. The van der Waals surface area contributed by atoms with Gasteiger partial charge in [0.15, 0.2) is 5.41 Å². The molecular formula is C16H19ClO4. The van der Waals surface area contributed by atoms with E-state index in [0.717, 1.165) is 0 Å². The highest BCUT2D eigenvalue weighted by atomic mass is 35.5. The van der Waals surface area contributed by atoms with Gasteiger partial charge in [-0.15, -0.1) is 6.58 Å². The summed E-state index contributed by atoms with van der Waals surface area (Å²) in [6.45, 7) is 7.29. The van der Waals surface area contributed by atoms with Crippen LogP contribution in [0.25, 0.3) is 0 Å². The second kappa shape index (κ2) is 7.84. The summed E-state index contributed by atoms with van der Waals surface area (Å²) >= 11 is 6.18. The van der Waals surface area contributed by atoms with Crippen LogP contribution in [0.15, 0.2) is 36.9 Å². The fraction of sp³-hybridized carbons (Fsp3) is 0.375. The number of allylic oxidation sites excluding steroid dienone is 1. The highest BCUT2D eigenvalue weighted by Crippen LogP contribution is 2.36. The molecule has 1 rings (SSSR count). The number of esters is 2. The van der Waals surface area contributed by atoms with E-state index in [0.29, 0.717) is 10.6 Å². The molecule has 0 heterocycles. The minimum Gasteiger partial charge on any atom is -0.465 e. The summed E-state index contributed by atoms with van der Waals surface area (Å²) in [6, 6.07) is 6.67. The molecule has 0 unspecified atom stereocenters. The van der Waals surface area contributed by atoms with Gasteiger partial charge in [0.2, 0.25) is 0 Å². The number of rotatable bonds is 7. The van der Waals surface area contributed by atoms with Crippen molar-refractivity contribution in [3.63, 3.8) is 0 Å². The van der Waals surface area contributed by atoms with E-state index in [1.807, 2.05) is 0 Å². The molecular weight excluding hydrogens is 292 g/mol. The molecule has 0 aliphatic rings. The molecule has 5 heteroatoms. The first-order valence-electron chi connectivity index (χ1n) is 6.74. The van der Waals surface area contributed by atoms with Crippen molar-refractivity contribution >= 4 is 23.5 Å². The molecule has 1 aromatic rings. The fourth-order valence-corrected chi connectivity index (χ4v) is 2.41. The lowest BCUT2D eigenvalue weighted by Gasteiger charge is -2.29. The van der Waals surface area contributed by atoms with Crippen LogP contribution in [-0.4, -0.2) is 25.2 Å². The Morgan fingerprint density at radius 2 is 1.71 bits per heavy atom. The van der Waals surface area contributed by atoms with Crippen molar-refractivity contribution in [1.82, 2.24) is 0 Å². The Balaban J connectivity index is 3.50. The van der Waals surface area contributed by atoms with Crippen LogP contribution in [0.4, 0.5) is 0 Å². The molecule has 0 aliphatic carbocycles. The highest BCUT2D eigenvalue weighted by molar-refractivity contribution is 6.32. The molecule has 114 valence electrons. The second-order valence-corrected chi connectivity index (χ2v) is 4.73. The van der Waals surface area contributed by atoms with E-state index in [1.165, 1.54) is 6.08 Å². The molecule has 0 aliphatic heterocycles. The van der Waals surface area contributed by atoms with Crippen LogP contribution in [0.1, 0.15) is 25.8 Å². The zero-order valence-electron chi connectivity index (χ0n) is 12.2. The van der Waals surface area contributed by atoms with Gasteiger partial charge < -0.3 is 9.47 Å². The van der Waals surface area contributed by atoms with E-state index in [4.69, 9.17) is 21.1 Å². The third-order valence-corrected chi connectivity index (χ3v) is 3.36. The van der Waals surface area contributed by atoms with Crippen molar-refractivity contribution in [2.24, 2.45) is 0 Å². The molecule has 0 fully saturated rings. The zero-order valence-corrected chi connectivity index (χ0v) is 13.0. The van der Waals surface area contributed by atoms with Crippen molar-refractivity contribution in [3.05, 3.63) is 47.5 Å². The quantitative estimate of drug-likeness (QED) is 0.440. The average Bonchev–Trinajstić information content (AvgIpc) is 2.46. The lowest BCUT2D eigenvalue weighted by atomic mass is 9.77. The number of halogens is 1. The molecule has 1 aromatic carbocycles. The van der Waals surface area contributed by atoms with Crippen LogP contribution in [-0.2, 0) is 24.5 Å². The van der Waals surface area contributed by atoms with Crippen molar-refractivity contribution in [2.45, 2.75) is 25.7 Å². The Morgan fingerprint density at radius 1 is 1.19 bits per heavy atom. The van der Waals surface area contributed by atoms with Gasteiger partial charge in [-0.3, -0.25) is 9.59 Å². The van der Waals surface area contributed by atoms with Crippen molar-refractivity contribution in [3.8, 4) is 0 Å². The van der Waals surface area contributed by atoms with Crippen molar-refractivity contribution < 1.29 is 19.1 Å². The number of hydrogen-bond donors (Lipinski definition) is 0. The summed E-state index contributed by atoms with van der Waals surface area (Å²) in [6.07, 6.45) is 1.53. The van der Waals surface area contributed by atoms with Gasteiger partial charge in [-0.2, -0.15) is 0 Å². The number of carbonyl (C=O) groups excluding carboxylic acids is 2. The van der Waals surface area contributed by atoms with Gasteiger partial charge >= 0.3 is 11.9 Å². The number of benzene rings is 1. The lowest BCUT2D eigenvalue weighted by molar-refractivity contribution is -0.164. The fourth-order valence-electron chi connectivity index (χ4n) is 2.11. The first-order valence-corrected chi connectivity index (χ1v) is 7.12. The average molecular weight is 311 g/mol. The van der Waals surface area contributed by atoms with E-state index in [-0.39, 0.29) is 19.6 Å². The minimum absolute atomic E-state index is 0.0500. The van der Waals surface area contributed by atoms with Gasteiger partial charge in [0.05, 0.1) is 13.2 Å². The molecule has 0 saturated carbocycles. The van der Waals surface area contributed by atoms with E-state index < -0.39 is 17.4 Å². The molecule has 0 atom stereocenters. The van der Waals surface area contributed by atoms with Crippen LogP contribution in [0.3, 0.4) is 0 Å². The maximum atomic E-state index is 12.5. The normalized spacial score (nSPS) is 10.8. The van der Waals surface area contributed by atoms with Crippen LogP contribution >= 0.6 is 11.6 Å². The van der Waals surface area contributed by atoms with Gasteiger partial charge in [-0.1, -0.05) is 35.9 Å². The first-order chi connectivity index (χ1) is 10.0. The van der Waals surface area contributed by atoms with Crippen molar-refractivity contribution in [1.29, 1.82) is 0 Å². The summed E-state index contributed by atoms with van der Waals surface area (Å²) in [4.78, 5) is 25.0. The Bertz CT molecular complexity index is 507. The van der Waals surface area contributed by atoms with Crippen molar-refractivity contribution in [2.75, 3.05) is 13.2 Å². The molecule has 0 bridgehead atoms. The molecule has 0 radical (unpaired) electrons. The zero-order chi connectivity index (χ0) is 15.9. The van der Waals surface area contributed by atoms with Crippen LogP contribution in [0.2, 0.25) is 5.02 Å². The van der Waals surface area contributed by atoms with E-state index in [1.54, 1.807) is 38.1 Å². The SMILES string of the molecule is C=CCC(C(=O)OCC)(C(=O)OCC)c1ccccc1Cl.